The van der Waals surface area contributed by atoms with Crippen LogP contribution in [0, 0.1) is 6.07 Å². The number of ether oxygens (including phenoxy) is 1. The fourth-order valence-electron chi connectivity index (χ4n) is 4.07. The Kier molecular flexibility index (Phi) is 4.89. The molecule has 0 aliphatic rings. The first-order chi connectivity index (χ1) is 15.2. The number of amides is 1. The Labute approximate surface area is 180 Å². The summed E-state index contributed by atoms with van der Waals surface area (Å²) < 4.78 is 8.36. The molecule has 4 aromatic carbocycles. The van der Waals surface area contributed by atoms with Gasteiger partial charge in [-0.1, -0.05) is 66.7 Å². The van der Waals surface area contributed by atoms with Crippen molar-refractivity contribution in [2.45, 2.75) is 13.2 Å². The van der Waals surface area contributed by atoms with Crippen molar-refractivity contribution in [1.82, 2.24) is 4.57 Å². The highest BCUT2D eigenvalue weighted by Crippen LogP contribution is 2.33. The SMILES string of the molecule is NC(=O)c1cccc2c1c1[c]cccc1n2Cc1ccccc1OCc1ccccc1. The highest BCUT2D eigenvalue weighted by molar-refractivity contribution is 6.17. The molecular weight excluding hydrogens is 384 g/mol. The van der Waals surface area contributed by atoms with Crippen LogP contribution in [0.3, 0.4) is 0 Å². The normalized spacial score (nSPS) is 11.1. The van der Waals surface area contributed by atoms with Gasteiger partial charge in [-0.05, 0) is 35.9 Å². The maximum absolute atomic E-state index is 12.1. The van der Waals surface area contributed by atoms with Gasteiger partial charge in [0.25, 0.3) is 0 Å². The highest BCUT2D eigenvalue weighted by atomic mass is 16.5. The predicted octanol–water partition coefficient (Wildman–Crippen LogP) is 5.32. The van der Waals surface area contributed by atoms with Crippen molar-refractivity contribution in [2.75, 3.05) is 0 Å². The average molecular weight is 405 g/mol. The molecule has 5 aromatic rings. The quantitative estimate of drug-likeness (QED) is 0.416. The molecule has 0 fully saturated rings. The summed E-state index contributed by atoms with van der Waals surface area (Å²) in [4.78, 5) is 12.1. The van der Waals surface area contributed by atoms with Gasteiger partial charge in [-0.2, -0.15) is 0 Å². The zero-order chi connectivity index (χ0) is 21.2. The maximum atomic E-state index is 12.1. The van der Waals surface area contributed by atoms with E-state index < -0.39 is 5.91 Å². The maximum Gasteiger partial charge on any atom is 0.249 e. The van der Waals surface area contributed by atoms with Gasteiger partial charge in [-0.15, -0.1) is 0 Å². The molecule has 0 atom stereocenters. The number of primary amides is 1. The number of rotatable bonds is 6. The van der Waals surface area contributed by atoms with E-state index in [4.69, 9.17) is 10.5 Å². The molecule has 0 aliphatic heterocycles. The fourth-order valence-corrected chi connectivity index (χ4v) is 4.07. The van der Waals surface area contributed by atoms with Crippen LogP contribution in [-0.4, -0.2) is 10.5 Å². The number of hydrogen-bond acceptors (Lipinski definition) is 2. The molecule has 4 nitrogen and oxygen atoms in total. The molecule has 0 saturated heterocycles. The summed E-state index contributed by atoms with van der Waals surface area (Å²) in [7, 11) is 0. The van der Waals surface area contributed by atoms with E-state index in [1.165, 1.54) is 0 Å². The summed E-state index contributed by atoms with van der Waals surface area (Å²) in [5.41, 5.74) is 10.3. The third-order valence-electron chi connectivity index (χ3n) is 5.51. The van der Waals surface area contributed by atoms with Gasteiger partial charge < -0.3 is 15.0 Å². The smallest absolute Gasteiger partial charge is 0.249 e. The number of nitrogens with two attached hydrogens (primary N) is 1. The summed E-state index contributed by atoms with van der Waals surface area (Å²) >= 11 is 0. The average Bonchev–Trinajstić information content (AvgIpc) is 3.13. The van der Waals surface area contributed by atoms with Crippen LogP contribution >= 0.6 is 0 Å². The van der Waals surface area contributed by atoms with Crippen molar-refractivity contribution in [3.05, 3.63) is 114 Å². The first-order valence-corrected chi connectivity index (χ1v) is 10.2. The molecule has 1 radical (unpaired) electrons. The Balaban J connectivity index is 1.59. The van der Waals surface area contributed by atoms with E-state index in [1.54, 1.807) is 6.07 Å². The molecule has 1 aromatic heterocycles. The zero-order valence-electron chi connectivity index (χ0n) is 16.9. The standard InChI is InChI=1S/C27H21N2O2/c28-27(30)22-13-8-15-24-26(22)21-12-5-6-14-23(21)29(24)17-20-11-4-7-16-25(20)31-18-19-9-2-1-3-10-19/h1-11,13-16H,17-18H2,(H2,28,30). The number of carbonyl (C=O) groups is 1. The van der Waals surface area contributed by atoms with Crippen molar-refractivity contribution >= 4 is 27.7 Å². The first-order valence-electron chi connectivity index (χ1n) is 10.2. The van der Waals surface area contributed by atoms with E-state index in [2.05, 4.69) is 28.8 Å². The minimum absolute atomic E-state index is 0.437. The van der Waals surface area contributed by atoms with Gasteiger partial charge in [-0.25, -0.2) is 0 Å². The minimum Gasteiger partial charge on any atom is -0.489 e. The monoisotopic (exact) mass is 405 g/mol. The minimum atomic E-state index is -0.437. The molecule has 0 spiro atoms. The molecule has 2 N–H and O–H groups in total. The van der Waals surface area contributed by atoms with E-state index in [9.17, 15) is 4.79 Å². The lowest BCUT2D eigenvalue weighted by molar-refractivity contribution is 0.100. The number of benzene rings is 4. The predicted molar refractivity (Wildman–Crippen MR) is 123 cm³/mol. The highest BCUT2D eigenvalue weighted by Gasteiger charge is 2.17. The molecule has 5 rings (SSSR count). The Morgan fingerprint density at radius 3 is 2.48 bits per heavy atom. The van der Waals surface area contributed by atoms with Gasteiger partial charge in [0, 0.05) is 21.9 Å². The number of para-hydroxylation sites is 1. The molecule has 0 bridgehead atoms. The van der Waals surface area contributed by atoms with Gasteiger partial charge >= 0.3 is 0 Å². The van der Waals surface area contributed by atoms with E-state index in [-0.39, 0.29) is 0 Å². The van der Waals surface area contributed by atoms with Crippen molar-refractivity contribution in [3.8, 4) is 5.75 Å². The van der Waals surface area contributed by atoms with Crippen molar-refractivity contribution in [3.63, 3.8) is 0 Å². The van der Waals surface area contributed by atoms with E-state index in [1.807, 2.05) is 66.7 Å². The molecule has 0 saturated carbocycles. The largest absolute Gasteiger partial charge is 0.489 e. The third kappa shape index (κ3) is 3.53. The number of aromatic nitrogens is 1. The molecule has 1 heterocycles. The second kappa shape index (κ2) is 8.00. The van der Waals surface area contributed by atoms with Gasteiger partial charge in [0.1, 0.15) is 12.4 Å². The summed E-state index contributed by atoms with van der Waals surface area (Å²) in [6, 6.07) is 33.0. The van der Waals surface area contributed by atoms with Crippen LogP contribution in [0.2, 0.25) is 0 Å². The lowest BCUT2D eigenvalue weighted by atomic mass is 10.1. The first kappa shape index (κ1) is 18.9. The van der Waals surface area contributed by atoms with E-state index >= 15 is 0 Å². The van der Waals surface area contributed by atoms with Crippen LogP contribution in [0.5, 0.6) is 5.75 Å². The summed E-state index contributed by atoms with van der Waals surface area (Å²) in [5.74, 6) is 0.404. The second-order valence-corrected chi connectivity index (χ2v) is 7.46. The van der Waals surface area contributed by atoms with Gasteiger partial charge in [0.2, 0.25) is 5.91 Å². The Morgan fingerprint density at radius 1 is 0.871 bits per heavy atom. The van der Waals surface area contributed by atoms with Crippen LogP contribution in [0.15, 0.2) is 91.0 Å². The van der Waals surface area contributed by atoms with E-state index in [0.29, 0.717) is 18.7 Å². The van der Waals surface area contributed by atoms with Crippen LogP contribution in [0.1, 0.15) is 21.5 Å². The molecule has 151 valence electrons. The second-order valence-electron chi connectivity index (χ2n) is 7.46. The number of fused-ring (bicyclic) bond motifs is 3. The van der Waals surface area contributed by atoms with Crippen LogP contribution in [0.4, 0.5) is 0 Å². The van der Waals surface area contributed by atoms with Crippen molar-refractivity contribution in [2.24, 2.45) is 5.73 Å². The number of nitrogens with zero attached hydrogens (tertiary/aromatic N) is 1. The summed E-state index contributed by atoms with van der Waals surface area (Å²) in [6.45, 7) is 1.11. The van der Waals surface area contributed by atoms with Crippen LogP contribution in [0.25, 0.3) is 21.8 Å². The molecular formula is C27H21N2O2. The molecule has 0 unspecified atom stereocenters. The molecule has 0 aliphatic carbocycles. The molecule has 4 heteroatoms. The topological polar surface area (TPSA) is 57.2 Å². The van der Waals surface area contributed by atoms with Crippen LogP contribution < -0.4 is 10.5 Å². The fraction of sp³-hybridized carbons (Fsp3) is 0.0741. The van der Waals surface area contributed by atoms with Gasteiger partial charge in [-0.3, -0.25) is 4.79 Å². The molecule has 1 amide bonds. The third-order valence-corrected chi connectivity index (χ3v) is 5.51. The zero-order valence-corrected chi connectivity index (χ0v) is 16.9. The number of carbonyl (C=O) groups excluding carboxylic acids is 1. The Bertz CT molecular complexity index is 1390. The molecule has 31 heavy (non-hydrogen) atoms. The summed E-state index contributed by atoms with van der Waals surface area (Å²) in [6.07, 6.45) is 0. The van der Waals surface area contributed by atoms with E-state index in [0.717, 1.165) is 38.7 Å². The number of hydrogen-bond donors (Lipinski definition) is 1. The van der Waals surface area contributed by atoms with Gasteiger partial charge in [0.15, 0.2) is 0 Å². The Morgan fingerprint density at radius 2 is 1.65 bits per heavy atom. The summed E-state index contributed by atoms with van der Waals surface area (Å²) in [5, 5.41) is 1.74. The Hall–Kier alpha value is -4.05. The van der Waals surface area contributed by atoms with Crippen LogP contribution in [-0.2, 0) is 13.2 Å². The van der Waals surface area contributed by atoms with Crippen molar-refractivity contribution in [1.29, 1.82) is 0 Å². The van der Waals surface area contributed by atoms with Crippen molar-refractivity contribution < 1.29 is 9.53 Å². The van der Waals surface area contributed by atoms with Gasteiger partial charge in [0.05, 0.1) is 17.6 Å². The lowest BCUT2D eigenvalue weighted by Gasteiger charge is -2.14. The lowest BCUT2D eigenvalue weighted by Crippen LogP contribution is -2.11.